The van der Waals surface area contributed by atoms with E-state index < -0.39 is 5.97 Å². The number of nitrogens with zero attached hydrogens (tertiary/aromatic N) is 1. The Morgan fingerprint density at radius 1 is 1.45 bits per heavy atom. The molecule has 1 fully saturated rings. The van der Waals surface area contributed by atoms with E-state index in [1.165, 1.54) is 7.11 Å². The second kappa shape index (κ2) is 7.79. The van der Waals surface area contributed by atoms with Gasteiger partial charge in [-0.3, -0.25) is 0 Å². The number of methoxy groups -OCH3 is 1. The third-order valence-electron chi connectivity index (χ3n) is 3.71. The molecule has 6 nitrogen and oxygen atoms in total. The van der Waals surface area contributed by atoms with Crippen LogP contribution in [0.15, 0.2) is 24.3 Å². The molecule has 1 aromatic carbocycles. The average Bonchev–Trinajstić information content (AvgIpc) is 2.55. The van der Waals surface area contributed by atoms with E-state index in [-0.39, 0.29) is 18.8 Å². The predicted octanol–water partition coefficient (Wildman–Crippen LogP) is 1.96. The van der Waals surface area contributed by atoms with Gasteiger partial charge >= 0.3 is 12.1 Å². The number of carbonyl (C=O) groups is 2. The SMILES string of the molecule is COC(=O)c1ccccc1CN1CCC(CCCO)OC1=O. The number of hydrogen-bond donors (Lipinski definition) is 1. The highest BCUT2D eigenvalue weighted by atomic mass is 16.6. The molecule has 1 amide bonds. The molecule has 1 aromatic rings. The minimum Gasteiger partial charge on any atom is -0.465 e. The summed E-state index contributed by atoms with van der Waals surface area (Å²) in [7, 11) is 1.33. The second-order valence-corrected chi connectivity index (χ2v) is 5.23. The molecule has 0 aliphatic carbocycles. The molecule has 1 atom stereocenters. The maximum absolute atomic E-state index is 12.0. The molecule has 0 aromatic heterocycles. The van der Waals surface area contributed by atoms with Gasteiger partial charge < -0.3 is 19.5 Å². The summed E-state index contributed by atoms with van der Waals surface area (Å²) in [5, 5.41) is 8.82. The second-order valence-electron chi connectivity index (χ2n) is 5.23. The molecule has 1 heterocycles. The fourth-order valence-electron chi connectivity index (χ4n) is 2.51. The van der Waals surface area contributed by atoms with Gasteiger partial charge in [0.25, 0.3) is 0 Å². The molecule has 120 valence electrons. The molecule has 1 N–H and O–H groups in total. The highest BCUT2D eigenvalue weighted by molar-refractivity contribution is 5.91. The van der Waals surface area contributed by atoms with Gasteiger partial charge in [-0.1, -0.05) is 18.2 Å². The van der Waals surface area contributed by atoms with Crippen LogP contribution in [0.25, 0.3) is 0 Å². The van der Waals surface area contributed by atoms with E-state index in [0.29, 0.717) is 31.5 Å². The predicted molar refractivity (Wildman–Crippen MR) is 79.4 cm³/mol. The lowest BCUT2D eigenvalue weighted by Gasteiger charge is -2.32. The van der Waals surface area contributed by atoms with Crippen LogP contribution < -0.4 is 0 Å². The summed E-state index contributed by atoms with van der Waals surface area (Å²) in [6, 6.07) is 7.06. The van der Waals surface area contributed by atoms with E-state index in [1.54, 1.807) is 23.1 Å². The quantitative estimate of drug-likeness (QED) is 0.813. The van der Waals surface area contributed by atoms with Crippen LogP contribution in [0.5, 0.6) is 0 Å². The van der Waals surface area contributed by atoms with Crippen molar-refractivity contribution in [2.45, 2.75) is 31.9 Å². The Bertz CT molecular complexity index is 531. The minimum absolute atomic E-state index is 0.101. The molecular formula is C16H21NO5. The van der Waals surface area contributed by atoms with Gasteiger partial charge in [-0.05, 0) is 24.5 Å². The number of rotatable bonds is 6. The van der Waals surface area contributed by atoms with Crippen molar-refractivity contribution in [3.8, 4) is 0 Å². The summed E-state index contributed by atoms with van der Waals surface area (Å²) in [5.41, 5.74) is 1.19. The van der Waals surface area contributed by atoms with Crippen LogP contribution in [0, 0.1) is 0 Å². The van der Waals surface area contributed by atoms with E-state index in [1.807, 2.05) is 6.07 Å². The van der Waals surface area contributed by atoms with Gasteiger partial charge in [0.15, 0.2) is 0 Å². The van der Waals surface area contributed by atoms with E-state index >= 15 is 0 Å². The molecule has 0 radical (unpaired) electrons. The summed E-state index contributed by atoms with van der Waals surface area (Å²) >= 11 is 0. The summed E-state index contributed by atoms with van der Waals surface area (Å²) < 4.78 is 10.1. The van der Waals surface area contributed by atoms with Gasteiger partial charge in [0.05, 0.1) is 12.7 Å². The lowest BCUT2D eigenvalue weighted by molar-refractivity contribution is 0.0162. The van der Waals surface area contributed by atoms with Crippen molar-refractivity contribution in [3.63, 3.8) is 0 Å². The van der Waals surface area contributed by atoms with Crippen molar-refractivity contribution in [2.75, 3.05) is 20.3 Å². The van der Waals surface area contributed by atoms with Crippen molar-refractivity contribution < 1.29 is 24.2 Å². The molecule has 1 aliphatic rings. The zero-order valence-corrected chi connectivity index (χ0v) is 12.7. The van der Waals surface area contributed by atoms with Crippen LogP contribution in [-0.4, -0.2) is 48.4 Å². The van der Waals surface area contributed by atoms with E-state index in [9.17, 15) is 9.59 Å². The first-order chi connectivity index (χ1) is 10.7. The van der Waals surface area contributed by atoms with Gasteiger partial charge in [-0.2, -0.15) is 0 Å². The van der Waals surface area contributed by atoms with Gasteiger partial charge in [-0.15, -0.1) is 0 Å². The van der Waals surface area contributed by atoms with E-state index in [0.717, 1.165) is 12.0 Å². The van der Waals surface area contributed by atoms with Crippen LogP contribution in [0.3, 0.4) is 0 Å². The topological polar surface area (TPSA) is 76.1 Å². The fourth-order valence-corrected chi connectivity index (χ4v) is 2.51. The number of benzene rings is 1. The summed E-state index contributed by atoms with van der Waals surface area (Å²) in [6.45, 7) is 0.992. The van der Waals surface area contributed by atoms with Crippen molar-refractivity contribution in [1.82, 2.24) is 4.90 Å². The number of ether oxygens (including phenoxy) is 2. The zero-order chi connectivity index (χ0) is 15.9. The van der Waals surface area contributed by atoms with Crippen molar-refractivity contribution in [3.05, 3.63) is 35.4 Å². The molecule has 0 saturated carbocycles. The van der Waals surface area contributed by atoms with Crippen molar-refractivity contribution >= 4 is 12.1 Å². The number of cyclic esters (lactones) is 1. The molecule has 0 bridgehead atoms. The van der Waals surface area contributed by atoms with E-state index in [2.05, 4.69) is 0 Å². The van der Waals surface area contributed by atoms with Gasteiger partial charge in [0.1, 0.15) is 6.10 Å². The number of carbonyl (C=O) groups excluding carboxylic acids is 2. The average molecular weight is 307 g/mol. The Morgan fingerprint density at radius 2 is 2.23 bits per heavy atom. The van der Waals surface area contributed by atoms with Crippen LogP contribution in [0.4, 0.5) is 4.79 Å². The molecule has 2 rings (SSSR count). The minimum atomic E-state index is -0.415. The highest BCUT2D eigenvalue weighted by Crippen LogP contribution is 2.20. The fraction of sp³-hybridized carbons (Fsp3) is 0.500. The maximum atomic E-state index is 12.0. The van der Waals surface area contributed by atoms with E-state index in [4.69, 9.17) is 14.6 Å². The van der Waals surface area contributed by atoms with Crippen molar-refractivity contribution in [2.24, 2.45) is 0 Å². The molecule has 6 heteroatoms. The number of amides is 1. The third-order valence-corrected chi connectivity index (χ3v) is 3.71. The van der Waals surface area contributed by atoms with Crippen LogP contribution in [0.1, 0.15) is 35.2 Å². The lowest BCUT2D eigenvalue weighted by Crippen LogP contribution is -2.41. The zero-order valence-electron chi connectivity index (χ0n) is 12.7. The standard InChI is InChI=1S/C16H21NO5/c1-21-15(19)14-7-3-2-5-12(14)11-17-9-8-13(6-4-10-18)22-16(17)20/h2-3,5,7,13,18H,4,6,8-11H2,1H3. The highest BCUT2D eigenvalue weighted by Gasteiger charge is 2.27. The van der Waals surface area contributed by atoms with Crippen LogP contribution >= 0.6 is 0 Å². The normalized spacial score (nSPS) is 18.0. The molecular weight excluding hydrogens is 286 g/mol. The molecule has 1 unspecified atom stereocenters. The summed E-state index contributed by atoms with van der Waals surface area (Å²) in [4.78, 5) is 25.4. The molecule has 22 heavy (non-hydrogen) atoms. The molecule has 1 aliphatic heterocycles. The Kier molecular flexibility index (Phi) is 5.77. The number of hydrogen-bond acceptors (Lipinski definition) is 5. The van der Waals surface area contributed by atoms with Crippen LogP contribution in [-0.2, 0) is 16.0 Å². The first-order valence-corrected chi connectivity index (χ1v) is 7.38. The Balaban J connectivity index is 2.00. The number of aliphatic hydroxyl groups excluding tert-OH is 1. The summed E-state index contributed by atoms with van der Waals surface area (Å²) in [5.74, 6) is -0.415. The van der Waals surface area contributed by atoms with Gasteiger partial charge in [0, 0.05) is 26.1 Å². The van der Waals surface area contributed by atoms with Gasteiger partial charge in [-0.25, -0.2) is 9.59 Å². The Labute approximate surface area is 129 Å². The Morgan fingerprint density at radius 3 is 2.91 bits per heavy atom. The van der Waals surface area contributed by atoms with Crippen molar-refractivity contribution in [1.29, 1.82) is 0 Å². The largest absolute Gasteiger partial charge is 0.465 e. The monoisotopic (exact) mass is 307 g/mol. The third kappa shape index (κ3) is 3.98. The van der Waals surface area contributed by atoms with Crippen LogP contribution in [0.2, 0.25) is 0 Å². The Hall–Kier alpha value is -2.08. The molecule has 1 saturated heterocycles. The lowest BCUT2D eigenvalue weighted by atomic mass is 10.1. The first-order valence-electron chi connectivity index (χ1n) is 7.38. The first kappa shape index (κ1) is 16.3. The number of aliphatic hydroxyl groups is 1. The maximum Gasteiger partial charge on any atom is 0.410 e. The summed E-state index contributed by atoms with van der Waals surface area (Å²) in [6.07, 6.45) is 1.52. The van der Waals surface area contributed by atoms with Gasteiger partial charge in [0.2, 0.25) is 0 Å². The molecule has 0 spiro atoms. The smallest absolute Gasteiger partial charge is 0.410 e. The number of esters is 1.